The maximum absolute atomic E-state index is 12.8. The molecule has 0 spiro atoms. The fraction of sp³-hybridized carbons (Fsp3) is 0.133. The van der Waals surface area contributed by atoms with E-state index >= 15 is 0 Å². The minimum absolute atomic E-state index is 0.0266. The average Bonchev–Trinajstić information content (AvgIpc) is 2.50. The molecule has 1 amide bonds. The lowest BCUT2D eigenvalue weighted by molar-refractivity contribution is -0.115. The number of anilines is 1. The minimum Gasteiger partial charge on any atom is -0.326 e. The molecule has 0 bridgehead atoms. The number of benzene rings is 2. The summed E-state index contributed by atoms with van der Waals surface area (Å²) < 4.78 is 36.9. The van der Waals surface area contributed by atoms with Gasteiger partial charge in [-0.25, -0.2) is 12.8 Å². The van der Waals surface area contributed by atoms with Crippen LogP contribution >= 0.6 is 23.2 Å². The Balaban J connectivity index is 1.98. The van der Waals surface area contributed by atoms with Gasteiger partial charge in [-0.15, -0.1) is 0 Å². The normalized spacial score (nSPS) is 11.3. The first-order valence-electron chi connectivity index (χ1n) is 6.51. The van der Waals surface area contributed by atoms with Gasteiger partial charge in [0.25, 0.3) is 0 Å². The third kappa shape index (κ3) is 4.92. The molecule has 0 atom stereocenters. The van der Waals surface area contributed by atoms with E-state index in [1.165, 1.54) is 24.3 Å². The zero-order chi connectivity index (χ0) is 17.0. The molecule has 2 aromatic rings. The van der Waals surface area contributed by atoms with E-state index in [2.05, 4.69) is 5.32 Å². The average molecular weight is 376 g/mol. The van der Waals surface area contributed by atoms with Crippen LogP contribution in [-0.2, 0) is 14.6 Å². The zero-order valence-corrected chi connectivity index (χ0v) is 14.1. The fourth-order valence-electron chi connectivity index (χ4n) is 1.78. The molecule has 4 nitrogen and oxygen atoms in total. The summed E-state index contributed by atoms with van der Waals surface area (Å²) in [6.07, 6.45) is -0.236. The molecule has 23 heavy (non-hydrogen) atoms. The predicted octanol–water partition coefficient (Wildman–Crippen LogP) is 3.94. The fourth-order valence-corrected chi connectivity index (χ4v) is 3.32. The van der Waals surface area contributed by atoms with E-state index < -0.39 is 21.6 Å². The lowest BCUT2D eigenvalue weighted by atomic mass is 10.3. The molecular formula is C15H12Cl2FNO3S. The quantitative estimate of drug-likeness (QED) is 0.805. The molecule has 0 unspecified atom stereocenters. The number of carbonyl (C=O) groups is 1. The van der Waals surface area contributed by atoms with Crippen LogP contribution in [-0.4, -0.2) is 20.1 Å². The van der Waals surface area contributed by atoms with Crippen molar-refractivity contribution in [3.8, 4) is 0 Å². The van der Waals surface area contributed by atoms with Gasteiger partial charge in [-0.1, -0.05) is 23.2 Å². The molecule has 2 rings (SSSR count). The van der Waals surface area contributed by atoms with Crippen LogP contribution in [0, 0.1) is 5.82 Å². The maximum Gasteiger partial charge on any atom is 0.225 e. The van der Waals surface area contributed by atoms with Crippen molar-refractivity contribution >= 4 is 44.6 Å². The summed E-state index contributed by atoms with van der Waals surface area (Å²) in [7, 11) is -3.65. The molecule has 0 saturated carbocycles. The van der Waals surface area contributed by atoms with Crippen molar-refractivity contribution in [2.24, 2.45) is 0 Å². The third-order valence-electron chi connectivity index (χ3n) is 2.97. The van der Waals surface area contributed by atoms with Crippen molar-refractivity contribution < 1.29 is 17.6 Å². The van der Waals surface area contributed by atoms with E-state index in [9.17, 15) is 17.6 Å². The molecule has 122 valence electrons. The number of nitrogens with one attached hydrogen (secondary N) is 1. The second-order valence-electron chi connectivity index (χ2n) is 4.70. The van der Waals surface area contributed by atoms with E-state index in [0.29, 0.717) is 10.7 Å². The summed E-state index contributed by atoms with van der Waals surface area (Å²) in [6.45, 7) is 0. The molecule has 2 aromatic carbocycles. The molecule has 0 aliphatic carbocycles. The number of amides is 1. The first-order valence-corrected chi connectivity index (χ1v) is 8.92. The van der Waals surface area contributed by atoms with Crippen LogP contribution in [0.4, 0.5) is 10.1 Å². The van der Waals surface area contributed by atoms with Crippen molar-refractivity contribution in [3.63, 3.8) is 0 Å². The second-order valence-corrected chi connectivity index (χ2v) is 7.62. The lowest BCUT2D eigenvalue weighted by Gasteiger charge is -2.07. The molecular weight excluding hydrogens is 364 g/mol. The molecule has 0 aromatic heterocycles. The Morgan fingerprint density at radius 3 is 2.30 bits per heavy atom. The molecule has 8 heteroatoms. The van der Waals surface area contributed by atoms with Crippen LogP contribution in [0.25, 0.3) is 0 Å². The number of sulfone groups is 1. The van der Waals surface area contributed by atoms with Gasteiger partial charge in [-0.2, -0.15) is 0 Å². The molecule has 0 aliphatic rings. The van der Waals surface area contributed by atoms with Gasteiger partial charge in [0.05, 0.1) is 20.7 Å². The summed E-state index contributed by atoms with van der Waals surface area (Å²) in [4.78, 5) is 11.8. The van der Waals surface area contributed by atoms with Gasteiger partial charge in [0.2, 0.25) is 5.91 Å². The second kappa shape index (κ2) is 7.29. The number of hydrogen-bond donors (Lipinski definition) is 1. The van der Waals surface area contributed by atoms with Gasteiger partial charge >= 0.3 is 0 Å². The third-order valence-corrected chi connectivity index (χ3v) is 5.44. The van der Waals surface area contributed by atoms with E-state index in [0.717, 1.165) is 12.1 Å². The number of carbonyl (C=O) groups excluding carboxylic acids is 1. The minimum atomic E-state index is -3.65. The largest absolute Gasteiger partial charge is 0.326 e. The summed E-state index contributed by atoms with van der Waals surface area (Å²) in [5, 5.41) is 3.17. The topological polar surface area (TPSA) is 63.2 Å². The molecule has 0 heterocycles. The Hall–Kier alpha value is -1.63. The summed E-state index contributed by atoms with van der Waals surface area (Å²) in [5.74, 6) is -1.39. The molecule has 1 N–H and O–H groups in total. The van der Waals surface area contributed by atoms with Gasteiger partial charge in [-0.05, 0) is 42.5 Å². The highest BCUT2D eigenvalue weighted by molar-refractivity contribution is 7.91. The van der Waals surface area contributed by atoms with Gasteiger partial charge in [0.15, 0.2) is 9.84 Å². The lowest BCUT2D eigenvalue weighted by Crippen LogP contribution is -2.17. The highest BCUT2D eigenvalue weighted by atomic mass is 35.5. The molecule has 0 fully saturated rings. The Morgan fingerprint density at radius 2 is 1.70 bits per heavy atom. The van der Waals surface area contributed by atoms with Crippen LogP contribution in [0.15, 0.2) is 47.4 Å². The Labute approximate surface area is 143 Å². The van der Waals surface area contributed by atoms with Gasteiger partial charge in [0, 0.05) is 12.1 Å². The van der Waals surface area contributed by atoms with Crippen molar-refractivity contribution in [1.29, 1.82) is 0 Å². The predicted molar refractivity (Wildman–Crippen MR) is 88.2 cm³/mol. The smallest absolute Gasteiger partial charge is 0.225 e. The molecule has 0 saturated heterocycles. The summed E-state index contributed by atoms with van der Waals surface area (Å²) in [6, 6.07) is 9.00. The van der Waals surface area contributed by atoms with E-state index in [1.54, 1.807) is 6.07 Å². The number of hydrogen-bond acceptors (Lipinski definition) is 3. The number of halogens is 3. The Kier molecular flexibility index (Phi) is 5.62. The van der Waals surface area contributed by atoms with Gasteiger partial charge in [-0.3, -0.25) is 4.79 Å². The number of rotatable bonds is 5. The van der Waals surface area contributed by atoms with E-state index in [-0.39, 0.29) is 22.1 Å². The van der Waals surface area contributed by atoms with Crippen LogP contribution in [0.2, 0.25) is 10.0 Å². The molecule has 0 aliphatic heterocycles. The first-order chi connectivity index (χ1) is 10.8. The van der Waals surface area contributed by atoms with E-state index in [4.69, 9.17) is 23.2 Å². The van der Waals surface area contributed by atoms with E-state index in [1.807, 2.05) is 0 Å². The monoisotopic (exact) mass is 375 g/mol. The van der Waals surface area contributed by atoms with Crippen LogP contribution < -0.4 is 5.32 Å². The zero-order valence-electron chi connectivity index (χ0n) is 11.7. The van der Waals surface area contributed by atoms with Crippen molar-refractivity contribution in [3.05, 3.63) is 58.3 Å². The molecule has 0 radical (unpaired) electrons. The van der Waals surface area contributed by atoms with Crippen molar-refractivity contribution in [1.82, 2.24) is 0 Å². The van der Waals surface area contributed by atoms with Crippen molar-refractivity contribution in [2.45, 2.75) is 11.3 Å². The van der Waals surface area contributed by atoms with Crippen LogP contribution in [0.5, 0.6) is 0 Å². The standard InChI is InChI=1S/C15H12Cl2FNO3S/c16-13-6-3-11(9-14(13)17)19-15(20)7-8-23(21,22)12-4-1-10(18)2-5-12/h1-6,9H,7-8H2,(H,19,20). The highest BCUT2D eigenvalue weighted by Crippen LogP contribution is 2.25. The van der Waals surface area contributed by atoms with Crippen LogP contribution in [0.3, 0.4) is 0 Å². The maximum atomic E-state index is 12.8. The summed E-state index contributed by atoms with van der Waals surface area (Å²) >= 11 is 11.6. The summed E-state index contributed by atoms with van der Waals surface area (Å²) in [5.41, 5.74) is 0.420. The highest BCUT2D eigenvalue weighted by Gasteiger charge is 2.16. The Morgan fingerprint density at radius 1 is 1.04 bits per heavy atom. The van der Waals surface area contributed by atoms with Gasteiger partial charge < -0.3 is 5.32 Å². The van der Waals surface area contributed by atoms with Crippen molar-refractivity contribution in [2.75, 3.05) is 11.1 Å². The van der Waals surface area contributed by atoms with Crippen LogP contribution in [0.1, 0.15) is 6.42 Å². The SMILES string of the molecule is O=C(CCS(=O)(=O)c1ccc(F)cc1)Nc1ccc(Cl)c(Cl)c1. The van der Waals surface area contributed by atoms with Gasteiger partial charge in [0.1, 0.15) is 5.82 Å². The Bertz CT molecular complexity index is 823. The first kappa shape index (κ1) is 17.7.